The number of carbonyl (C=O) groups is 2. The van der Waals surface area contributed by atoms with Gasteiger partial charge in [0, 0.05) is 28.8 Å². The van der Waals surface area contributed by atoms with Crippen molar-refractivity contribution in [1.29, 1.82) is 0 Å². The van der Waals surface area contributed by atoms with Crippen LogP contribution in [0.5, 0.6) is 0 Å². The molecule has 8 atom stereocenters. The molecule has 0 heterocycles. The third kappa shape index (κ3) is 7.18. The largest absolute Gasteiger partial charge is 0.392 e. The van der Waals surface area contributed by atoms with Crippen molar-refractivity contribution >= 4 is 11.6 Å². The van der Waals surface area contributed by atoms with Crippen LogP contribution in [0.1, 0.15) is 79.9 Å². The molecule has 2 aliphatic rings. The fourth-order valence-corrected chi connectivity index (χ4v) is 4.58. The van der Waals surface area contributed by atoms with E-state index in [4.69, 9.17) is 6.85 Å². The molecule has 0 aromatic heterocycles. The first-order chi connectivity index (χ1) is 15.7. The number of aliphatic hydroxyl groups excluding tert-OH is 2. The normalized spacial score (nSPS) is 34.1. The molecular formula is C25H42O4. The van der Waals surface area contributed by atoms with Crippen LogP contribution in [0.3, 0.4) is 0 Å². The van der Waals surface area contributed by atoms with Crippen LogP contribution < -0.4 is 0 Å². The molecule has 4 nitrogen and oxygen atoms in total. The van der Waals surface area contributed by atoms with Gasteiger partial charge in [0.15, 0.2) is 0 Å². The molecule has 2 rings (SSSR count). The van der Waals surface area contributed by atoms with Crippen molar-refractivity contribution in [3.63, 3.8) is 0 Å². The summed E-state index contributed by atoms with van der Waals surface area (Å²) < 4.78 is 35.1. The standard InChI is InChI=1S/C13H22O2.C12H20O2/c1-4-5-6-10(3)13(15)12-9(2)7-8-11(12)14;1-4-5-9(3)12(14)11-8(2)6-7-10(11)13/h4-5,9-10,12-13,15H,6-8H2,1-3H3;4,8-9,11-12,14H,1,5-7H2,2-3H3/t9?,10-,12-,13-;8?,9-,11-,12-/m11/s1/i1D3;1D2. The van der Waals surface area contributed by atoms with Gasteiger partial charge in [-0.2, -0.15) is 0 Å². The van der Waals surface area contributed by atoms with Crippen LogP contribution in [-0.2, 0) is 9.59 Å². The summed E-state index contributed by atoms with van der Waals surface area (Å²) in [6.45, 7) is 5.41. The Hall–Kier alpha value is -1.26. The molecule has 0 aromatic rings. The molecule has 0 bridgehead atoms. The van der Waals surface area contributed by atoms with E-state index in [0.717, 1.165) is 12.8 Å². The molecular weight excluding hydrogens is 364 g/mol. The zero-order valence-electron chi connectivity index (χ0n) is 23.3. The predicted octanol–water partition coefficient (Wildman–Crippen LogP) is 4.74. The first-order valence-corrected chi connectivity index (χ1v) is 10.9. The number of allylic oxidation sites excluding steroid dienone is 3. The quantitative estimate of drug-likeness (QED) is 0.566. The van der Waals surface area contributed by atoms with Gasteiger partial charge in [0.25, 0.3) is 0 Å². The Bertz CT molecular complexity index is 729. The summed E-state index contributed by atoms with van der Waals surface area (Å²) in [6, 6.07) is 0. The van der Waals surface area contributed by atoms with Crippen LogP contribution in [0.25, 0.3) is 0 Å². The van der Waals surface area contributed by atoms with Crippen LogP contribution in [0.15, 0.2) is 24.8 Å². The maximum Gasteiger partial charge on any atom is 0.138 e. The fourth-order valence-electron chi connectivity index (χ4n) is 4.58. The summed E-state index contributed by atoms with van der Waals surface area (Å²) in [6.07, 6.45) is 6.73. The molecule has 0 aromatic carbocycles. The third-order valence-electron chi connectivity index (χ3n) is 6.68. The number of rotatable bonds is 8. The molecule has 2 saturated carbocycles. The molecule has 2 N–H and O–H groups in total. The summed E-state index contributed by atoms with van der Waals surface area (Å²) in [5, 5.41) is 20.3. The lowest BCUT2D eigenvalue weighted by Crippen LogP contribution is -2.33. The Labute approximate surface area is 184 Å². The molecule has 166 valence electrons. The number of hydrogen-bond donors (Lipinski definition) is 2. The molecule has 4 heteroatoms. The van der Waals surface area contributed by atoms with Gasteiger partial charge in [-0.3, -0.25) is 9.59 Å². The molecule has 0 saturated heterocycles. The molecule has 2 unspecified atom stereocenters. The second-order valence-electron chi connectivity index (χ2n) is 9.03. The minimum Gasteiger partial charge on any atom is -0.392 e. The first-order valence-electron chi connectivity index (χ1n) is 13.4. The van der Waals surface area contributed by atoms with Crippen molar-refractivity contribution in [1.82, 2.24) is 0 Å². The number of hydrogen-bond acceptors (Lipinski definition) is 4. The van der Waals surface area contributed by atoms with Gasteiger partial charge in [-0.1, -0.05) is 45.9 Å². The minimum atomic E-state index is -2.07. The van der Waals surface area contributed by atoms with Gasteiger partial charge in [0.2, 0.25) is 0 Å². The fraction of sp³-hybridized carbons (Fsp3) is 0.760. The summed E-state index contributed by atoms with van der Waals surface area (Å²) in [4.78, 5) is 23.3. The Kier molecular flexibility index (Phi) is 7.94. The van der Waals surface area contributed by atoms with Crippen LogP contribution in [0.2, 0.25) is 0 Å². The van der Waals surface area contributed by atoms with Crippen LogP contribution >= 0.6 is 0 Å². The maximum absolute atomic E-state index is 11.7. The van der Waals surface area contributed by atoms with Gasteiger partial charge in [0.1, 0.15) is 11.6 Å². The van der Waals surface area contributed by atoms with E-state index < -0.39 is 19.1 Å². The van der Waals surface area contributed by atoms with E-state index in [-0.39, 0.29) is 53.6 Å². The highest BCUT2D eigenvalue weighted by atomic mass is 16.3. The van der Waals surface area contributed by atoms with Crippen molar-refractivity contribution in [3.8, 4) is 0 Å². The van der Waals surface area contributed by atoms with E-state index in [9.17, 15) is 19.8 Å². The summed E-state index contributed by atoms with van der Waals surface area (Å²) in [5.41, 5.74) is 0. The average molecular weight is 412 g/mol. The smallest absolute Gasteiger partial charge is 0.138 e. The van der Waals surface area contributed by atoms with Crippen molar-refractivity contribution in [3.05, 3.63) is 24.8 Å². The van der Waals surface area contributed by atoms with Crippen molar-refractivity contribution in [2.75, 3.05) is 0 Å². The molecule has 0 aliphatic heterocycles. The van der Waals surface area contributed by atoms with Gasteiger partial charge < -0.3 is 10.2 Å². The monoisotopic (exact) mass is 411 g/mol. The van der Waals surface area contributed by atoms with Gasteiger partial charge in [-0.25, -0.2) is 0 Å². The highest BCUT2D eigenvalue weighted by molar-refractivity contribution is 5.84. The lowest BCUT2D eigenvalue weighted by molar-refractivity contribution is -0.126. The van der Waals surface area contributed by atoms with E-state index in [1.807, 2.05) is 27.7 Å². The second-order valence-corrected chi connectivity index (χ2v) is 9.03. The average Bonchev–Trinajstić information content (AvgIpc) is 3.24. The Morgan fingerprint density at radius 3 is 1.90 bits per heavy atom. The lowest BCUT2D eigenvalue weighted by Gasteiger charge is -2.25. The predicted molar refractivity (Wildman–Crippen MR) is 118 cm³/mol. The second kappa shape index (κ2) is 12.4. The lowest BCUT2D eigenvalue weighted by atomic mass is 9.83. The molecule has 2 aliphatic carbocycles. The van der Waals surface area contributed by atoms with E-state index in [2.05, 4.69) is 0 Å². The molecule has 29 heavy (non-hydrogen) atoms. The molecule has 2 fully saturated rings. The van der Waals surface area contributed by atoms with Crippen LogP contribution in [0, 0.1) is 35.5 Å². The van der Waals surface area contributed by atoms with Gasteiger partial charge in [0.05, 0.1) is 14.9 Å². The maximum atomic E-state index is 11.7. The van der Waals surface area contributed by atoms with Gasteiger partial charge in [-0.05, 0) is 56.2 Å². The van der Waals surface area contributed by atoms with Crippen LogP contribution in [0.4, 0.5) is 0 Å². The molecule has 0 radical (unpaired) electrons. The SMILES string of the molecule is [2H]C([2H])([2H])C=CC[C@@H](C)[C@@H](O)[C@H]1C(=O)CCC1C.[2H]C([2H])=CC[C@@H](C)[C@@H](O)[C@H]1C(=O)CCC1C. The van der Waals surface area contributed by atoms with Gasteiger partial charge in [-0.15, -0.1) is 6.53 Å². The third-order valence-corrected chi connectivity index (χ3v) is 6.68. The van der Waals surface area contributed by atoms with Crippen molar-refractivity contribution in [2.24, 2.45) is 35.5 Å². The van der Waals surface area contributed by atoms with Crippen LogP contribution in [-0.4, -0.2) is 34.0 Å². The Balaban J connectivity index is 0.000000342. The number of ketones is 2. The zero-order valence-corrected chi connectivity index (χ0v) is 18.3. The van der Waals surface area contributed by atoms with Crippen molar-refractivity contribution in [2.45, 2.75) is 85.3 Å². The topological polar surface area (TPSA) is 74.6 Å². The summed E-state index contributed by atoms with van der Waals surface area (Å²) >= 11 is 0. The molecule has 0 amide bonds. The zero-order chi connectivity index (χ0) is 26.2. The summed E-state index contributed by atoms with van der Waals surface area (Å²) in [5.74, 6) is 0.0826. The van der Waals surface area contributed by atoms with Crippen molar-refractivity contribution < 1.29 is 26.7 Å². The highest BCUT2D eigenvalue weighted by Gasteiger charge is 2.39. The van der Waals surface area contributed by atoms with E-state index in [1.54, 1.807) is 6.08 Å². The number of carbonyl (C=O) groups excluding carboxylic acids is 2. The summed E-state index contributed by atoms with van der Waals surface area (Å²) in [7, 11) is 0. The van der Waals surface area contributed by atoms with E-state index >= 15 is 0 Å². The number of aliphatic hydroxyl groups is 2. The van der Waals surface area contributed by atoms with E-state index in [1.165, 1.54) is 12.2 Å². The highest BCUT2D eigenvalue weighted by Crippen LogP contribution is 2.35. The Morgan fingerprint density at radius 1 is 1.03 bits per heavy atom. The Morgan fingerprint density at radius 2 is 1.52 bits per heavy atom. The van der Waals surface area contributed by atoms with Gasteiger partial charge >= 0.3 is 0 Å². The first kappa shape index (κ1) is 18.5. The number of Topliss-reactive ketones (excluding diaryl/α,β-unsaturated/α-hetero) is 2. The van der Waals surface area contributed by atoms with E-state index in [0.29, 0.717) is 25.7 Å². The molecule has 0 spiro atoms. The minimum absolute atomic E-state index is 0.0693.